The molecule has 0 heterocycles. The number of anilines is 1. The first-order valence-electron chi connectivity index (χ1n) is 9.44. The van der Waals surface area contributed by atoms with E-state index in [2.05, 4.69) is 10.6 Å². The molecule has 2 N–H and O–H groups in total. The van der Waals surface area contributed by atoms with Crippen LogP contribution in [-0.4, -0.2) is 49.6 Å². The van der Waals surface area contributed by atoms with E-state index < -0.39 is 23.4 Å². The van der Waals surface area contributed by atoms with Crippen LogP contribution in [0.15, 0.2) is 18.2 Å². The van der Waals surface area contributed by atoms with Crippen molar-refractivity contribution in [1.82, 2.24) is 5.32 Å². The quantitative estimate of drug-likeness (QED) is 0.275. The van der Waals surface area contributed by atoms with Crippen molar-refractivity contribution >= 4 is 29.2 Å². The number of imide groups is 1. The van der Waals surface area contributed by atoms with Crippen LogP contribution in [0.25, 0.3) is 0 Å². The van der Waals surface area contributed by atoms with E-state index in [1.54, 1.807) is 0 Å². The van der Waals surface area contributed by atoms with Crippen molar-refractivity contribution in [3.05, 3.63) is 33.9 Å². The number of esters is 1. The number of nitro groups is 1. The van der Waals surface area contributed by atoms with Gasteiger partial charge in [-0.1, -0.05) is 19.3 Å². The third-order valence-corrected chi connectivity index (χ3v) is 4.62. The molecule has 1 fully saturated rings. The summed E-state index contributed by atoms with van der Waals surface area (Å²) in [5.74, 6) is -2.16. The van der Waals surface area contributed by atoms with Crippen molar-refractivity contribution in [2.24, 2.45) is 5.92 Å². The van der Waals surface area contributed by atoms with E-state index in [1.165, 1.54) is 19.2 Å². The highest BCUT2D eigenvalue weighted by molar-refractivity contribution is 5.98. The first-order valence-corrected chi connectivity index (χ1v) is 9.44. The highest BCUT2D eigenvalue weighted by Gasteiger charge is 2.23. The smallest absolute Gasteiger partial charge is 0.338 e. The zero-order valence-corrected chi connectivity index (χ0v) is 16.3. The molecule has 2 amide bonds. The van der Waals surface area contributed by atoms with Crippen molar-refractivity contribution in [2.45, 2.75) is 32.1 Å². The summed E-state index contributed by atoms with van der Waals surface area (Å²) in [6, 6.07) is 3.81. The number of carbonyl (C=O) groups excluding carboxylic acids is 3. The lowest BCUT2D eigenvalue weighted by Crippen LogP contribution is -2.38. The van der Waals surface area contributed by atoms with Gasteiger partial charge in [0.25, 0.3) is 11.6 Å². The minimum Gasteiger partial charge on any atom is -0.452 e. The summed E-state index contributed by atoms with van der Waals surface area (Å²) in [7, 11) is 1.51. The number of nitrogens with one attached hydrogen (secondary N) is 2. The van der Waals surface area contributed by atoms with Gasteiger partial charge in [-0.2, -0.15) is 0 Å². The van der Waals surface area contributed by atoms with Gasteiger partial charge in [0.1, 0.15) is 5.69 Å². The Morgan fingerprint density at radius 1 is 1.21 bits per heavy atom. The minimum atomic E-state index is -0.892. The second kappa shape index (κ2) is 11.1. The molecular formula is C19H25N3O7. The van der Waals surface area contributed by atoms with Crippen molar-refractivity contribution in [2.75, 3.05) is 32.2 Å². The molecule has 0 bridgehead atoms. The van der Waals surface area contributed by atoms with Gasteiger partial charge in [0.15, 0.2) is 6.61 Å². The Kier molecular flexibility index (Phi) is 8.53. The van der Waals surface area contributed by atoms with Gasteiger partial charge < -0.3 is 14.8 Å². The summed E-state index contributed by atoms with van der Waals surface area (Å²) in [6.45, 7) is 0.0743. The summed E-state index contributed by atoms with van der Waals surface area (Å²) < 4.78 is 9.76. The summed E-state index contributed by atoms with van der Waals surface area (Å²) in [5.41, 5.74) is -0.132. The van der Waals surface area contributed by atoms with E-state index in [-0.39, 0.29) is 28.8 Å². The lowest BCUT2D eigenvalue weighted by atomic mass is 9.89. The molecule has 10 nitrogen and oxygen atoms in total. The molecule has 1 aromatic rings. The molecule has 1 saturated carbocycles. The fourth-order valence-electron chi connectivity index (χ4n) is 3.10. The highest BCUT2D eigenvalue weighted by Crippen LogP contribution is 2.26. The minimum absolute atomic E-state index is 0.0691. The molecular weight excluding hydrogens is 382 g/mol. The number of hydrogen-bond acceptors (Lipinski definition) is 8. The lowest BCUT2D eigenvalue weighted by molar-refractivity contribution is -0.384. The van der Waals surface area contributed by atoms with Gasteiger partial charge in [-0.05, 0) is 25.0 Å². The first kappa shape index (κ1) is 22.3. The van der Waals surface area contributed by atoms with Gasteiger partial charge in [0.05, 0.1) is 17.1 Å². The fraction of sp³-hybridized carbons (Fsp3) is 0.526. The van der Waals surface area contributed by atoms with Crippen LogP contribution in [0.5, 0.6) is 0 Å². The number of nitrogens with zero attached hydrogens (tertiary/aromatic N) is 1. The molecule has 0 spiro atoms. The number of hydrogen-bond donors (Lipinski definition) is 2. The van der Waals surface area contributed by atoms with Gasteiger partial charge in [-0.15, -0.1) is 0 Å². The maximum absolute atomic E-state index is 12.1. The molecule has 0 aromatic heterocycles. The Labute approximate surface area is 168 Å². The standard InChI is InChI=1S/C19H25N3O7/c1-28-10-9-20-15-8-7-14(11-16(15)22(26)27)19(25)29-12-17(23)21-18(24)13-5-3-2-4-6-13/h7-8,11,13,20H,2-6,9-10,12H2,1H3,(H,21,23,24). The van der Waals surface area contributed by atoms with E-state index >= 15 is 0 Å². The Bertz CT molecular complexity index is 760. The lowest BCUT2D eigenvalue weighted by Gasteiger charge is -2.20. The van der Waals surface area contributed by atoms with Gasteiger partial charge in [0, 0.05) is 25.6 Å². The number of benzene rings is 1. The Morgan fingerprint density at radius 2 is 1.93 bits per heavy atom. The number of nitro benzene ring substituents is 1. The van der Waals surface area contributed by atoms with E-state index in [4.69, 9.17) is 9.47 Å². The fourth-order valence-corrected chi connectivity index (χ4v) is 3.10. The van der Waals surface area contributed by atoms with Crippen molar-refractivity contribution in [3.8, 4) is 0 Å². The van der Waals surface area contributed by atoms with Crippen LogP contribution in [-0.2, 0) is 19.1 Å². The summed E-state index contributed by atoms with van der Waals surface area (Å²) in [4.78, 5) is 46.7. The first-order chi connectivity index (χ1) is 13.9. The van der Waals surface area contributed by atoms with Crippen LogP contribution >= 0.6 is 0 Å². The van der Waals surface area contributed by atoms with Gasteiger partial charge in [0.2, 0.25) is 5.91 Å². The van der Waals surface area contributed by atoms with Crippen molar-refractivity contribution in [1.29, 1.82) is 0 Å². The third kappa shape index (κ3) is 6.83. The van der Waals surface area contributed by atoms with Crippen molar-refractivity contribution in [3.63, 3.8) is 0 Å². The largest absolute Gasteiger partial charge is 0.452 e. The Morgan fingerprint density at radius 3 is 2.59 bits per heavy atom. The number of rotatable bonds is 9. The second-order valence-corrected chi connectivity index (χ2v) is 6.73. The summed E-state index contributed by atoms with van der Waals surface area (Å²) in [5, 5.41) is 16.3. The van der Waals surface area contributed by atoms with E-state index in [9.17, 15) is 24.5 Å². The van der Waals surface area contributed by atoms with Gasteiger partial charge >= 0.3 is 5.97 Å². The molecule has 2 rings (SSSR count). The highest BCUT2D eigenvalue weighted by atomic mass is 16.6. The monoisotopic (exact) mass is 407 g/mol. The van der Waals surface area contributed by atoms with E-state index in [0.29, 0.717) is 13.2 Å². The average molecular weight is 407 g/mol. The molecule has 10 heteroatoms. The van der Waals surface area contributed by atoms with Gasteiger partial charge in [-0.3, -0.25) is 25.0 Å². The molecule has 1 aromatic carbocycles. The van der Waals surface area contributed by atoms with Crippen molar-refractivity contribution < 1.29 is 28.8 Å². The maximum atomic E-state index is 12.1. The van der Waals surface area contributed by atoms with Crippen LogP contribution in [0.2, 0.25) is 0 Å². The topological polar surface area (TPSA) is 137 Å². The molecule has 0 radical (unpaired) electrons. The molecule has 0 atom stereocenters. The second-order valence-electron chi connectivity index (χ2n) is 6.73. The average Bonchev–Trinajstić information content (AvgIpc) is 2.72. The van der Waals surface area contributed by atoms with Crippen LogP contribution < -0.4 is 10.6 Å². The molecule has 158 valence electrons. The normalized spacial score (nSPS) is 14.1. The zero-order chi connectivity index (χ0) is 21.2. The Balaban J connectivity index is 1.90. The molecule has 0 unspecified atom stereocenters. The third-order valence-electron chi connectivity index (χ3n) is 4.62. The van der Waals surface area contributed by atoms with Crippen LogP contribution in [0.1, 0.15) is 42.5 Å². The molecule has 1 aliphatic carbocycles. The van der Waals surface area contributed by atoms with E-state index in [1.807, 2.05) is 0 Å². The van der Waals surface area contributed by atoms with Crippen LogP contribution in [0.3, 0.4) is 0 Å². The number of ether oxygens (including phenoxy) is 2. The van der Waals surface area contributed by atoms with Gasteiger partial charge in [-0.25, -0.2) is 4.79 Å². The van der Waals surface area contributed by atoms with E-state index in [0.717, 1.165) is 38.2 Å². The van der Waals surface area contributed by atoms with Crippen LogP contribution in [0.4, 0.5) is 11.4 Å². The zero-order valence-electron chi connectivity index (χ0n) is 16.3. The molecule has 0 aliphatic heterocycles. The summed E-state index contributed by atoms with van der Waals surface area (Å²) >= 11 is 0. The predicted molar refractivity (Wildman–Crippen MR) is 103 cm³/mol. The summed E-state index contributed by atoms with van der Waals surface area (Å²) in [6.07, 6.45) is 4.48. The number of amides is 2. The predicted octanol–water partition coefficient (Wildman–Crippen LogP) is 2.03. The van der Waals surface area contributed by atoms with Crippen LogP contribution in [0, 0.1) is 16.0 Å². The SMILES string of the molecule is COCCNc1ccc(C(=O)OCC(=O)NC(=O)C2CCCCC2)cc1[N+](=O)[O-]. The molecule has 1 aliphatic rings. The molecule has 0 saturated heterocycles. The number of carbonyl (C=O) groups is 3. The molecule has 29 heavy (non-hydrogen) atoms. The maximum Gasteiger partial charge on any atom is 0.338 e. The number of methoxy groups -OCH3 is 1. The Hall–Kier alpha value is -3.01.